The number of carbonyl (C=O) groups excluding carboxylic acids is 1. The molecule has 3 N–H and O–H groups in total. The monoisotopic (exact) mass is 389 g/mol. The molecule has 0 saturated carbocycles. The molecule has 0 aliphatic carbocycles. The Bertz CT molecular complexity index is 1080. The number of hydrogen-bond donors (Lipinski definition) is 3. The number of urea groups is 1. The minimum atomic E-state index is -0.256. The van der Waals surface area contributed by atoms with E-state index in [0.717, 1.165) is 16.6 Å². The van der Waals surface area contributed by atoms with Gasteiger partial charge in [-0.3, -0.25) is 0 Å². The Balaban J connectivity index is 1.32. The fraction of sp³-hybridized carbons (Fsp3) is 0.190. The van der Waals surface area contributed by atoms with Crippen LogP contribution in [0, 0.1) is 11.3 Å². The van der Waals surface area contributed by atoms with Gasteiger partial charge in [0.25, 0.3) is 0 Å². The average Bonchev–Trinajstić information content (AvgIpc) is 3.19. The van der Waals surface area contributed by atoms with Crippen molar-refractivity contribution in [2.24, 2.45) is 0 Å². The summed E-state index contributed by atoms with van der Waals surface area (Å²) in [4.78, 5) is 16.4. The van der Waals surface area contributed by atoms with Gasteiger partial charge in [0.15, 0.2) is 11.5 Å². The van der Waals surface area contributed by atoms with E-state index in [1.165, 1.54) is 0 Å². The van der Waals surface area contributed by atoms with Crippen molar-refractivity contribution >= 4 is 28.4 Å². The van der Waals surface area contributed by atoms with Crippen LogP contribution in [-0.4, -0.2) is 30.9 Å². The van der Waals surface area contributed by atoms with Crippen molar-refractivity contribution in [1.82, 2.24) is 10.3 Å². The second-order valence-corrected chi connectivity index (χ2v) is 6.42. The van der Waals surface area contributed by atoms with Crippen LogP contribution in [-0.2, 0) is 0 Å². The predicted molar refractivity (Wildman–Crippen MR) is 109 cm³/mol. The number of para-hydroxylation sites is 1. The lowest BCUT2D eigenvalue weighted by Crippen LogP contribution is -2.30. The minimum absolute atomic E-state index is 0.187. The van der Waals surface area contributed by atoms with Crippen LogP contribution in [0.25, 0.3) is 10.9 Å². The molecule has 1 aliphatic heterocycles. The summed E-state index contributed by atoms with van der Waals surface area (Å²) in [6, 6.07) is 16.6. The quantitative estimate of drug-likeness (QED) is 0.557. The Labute approximate surface area is 167 Å². The molecule has 0 fully saturated rings. The smallest absolute Gasteiger partial charge is 0.319 e. The van der Waals surface area contributed by atoms with Gasteiger partial charge in [-0.15, -0.1) is 0 Å². The van der Waals surface area contributed by atoms with E-state index < -0.39 is 0 Å². The molecule has 146 valence electrons. The van der Waals surface area contributed by atoms with E-state index in [2.05, 4.69) is 27.0 Å². The molecule has 1 aliphatic rings. The molecule has 2 amide bonds. The SMILES string of the molecule is N#Cc1cc2cc3c(cc2nc1NCCCNC(=O)Nc1ccccc1)OCO3. The number of carbonyl (C=O) groups is 1. The molecule has 8 nitrogen and oxygen atoms in total. The van der Waals surface area contributed by atoms with Gasteiger partial charge in [-0.1, -0.05) is 18.2 Å². The number of fused-ring (bicyclic) bond motifs is 2. The summed E-state index contributed by atoms with van der Waals surface area (Å²) in [6.07, 6.45) is 0.675. The number of nitrogens with one attached hydrogen (secondary N) is 3. The van der Waals surface area contributed by atoms with Crippen molar-refractivity contribution in [3.05, 3.63) is 54.1 Å². The third-order valence-corrected chi connectivity index (χ3v) is 4.39. The van der Waals surface area contributed by atoms with Crippen LogP contribution < -0.4 is 25.4 Å². The number of benzene rings is 2. The summed E-state index contributed by atoms with van der Waals surface area (Å²) in [6.45, 7) is 1.23. The van der Waals surface area contributed by atoms with Crippen LogP contribution in [0.5, 0.6) is 11.5 Å². The summed E-state index contributed by atoms with van der Waals surface area (Å²) in [5.41, 5.74) is 1.91. The normalized spacial score (nSPS) is 11.7. The molecule has 0 atom stereocenters. The van der Waals surface area contributed by atoms with Crippen molar-refractivity contribution < 1.29 is 14.3 Å². The lowest BCUT2D eigenvalue weighted by molar-refractivity contribution is 0.174. The molecule has 0 spiro atoms. The van der Waals surface area contributed by atoms with Crippen molar-refractivity contribution in [2.45, 2.75) is 6.42 Å². The van der Waals surface area contributed by atoms with Gasteiger partial charge in [0, 0.05) is 30.2 Å². The maximum atomic E-state index is 11.9. The predicted octanol–water partition coefficient (Wildman–Crippen LogP) is 3.46. The molecule has 0 unspecified atom stereocenters. The molecular formula is C21H19N5O3. The molecule has 2 heterocycles. The number of pyridine rings is 1. The van der Waals surface area contributed by atoms with Crippen LogP contribution in [0.4, 0.5) is 16.3 Å². The molecular weight excluding hydrogens is 370 g/mol. The third kappa shape index (κ3) is 4.30. The summed E-state index contributed by atoms with van der Waals surface area (Å²) < 4.78 is 10.8. The van der Waals surface area contributed by atoms with Gasteiger partial charge in [0.05, 0.1) is 11.1 Å². The first kappa shape index (κ1) is 18.4. The summed E-state index contributed by atoms with van der Waals surface area (Å²) in [7, 11) is 0. The Morgan fingerprint density at radius 3 is 2.69 bits per heavy atom. The van der Waals surface area contributed by atoms with Gasteiger partial charge in [-0.2, -0.15) is 5.26 Å². The zero-order chi connectivity index (χ0) is 20.1. The lowest BCUT2D eigenvalue weighted by Gasteiger charge is -2.10. The number of hydrogen-bond acceptors (Lipinski definition) is 6. The fourth-order valence-electron chi connectivity index (χ4n) is 2.98. The van der Waals surface area contributed by atoms with Gasteiger partial charge >= 0.3 is 6.03 Å². The highest BCUT2D eigenvalue weighted by Gasteiger charge is 2.16. The topological polar surface area (TPSA) is 108 Å². The standard InChI is InChI=1S/C21H19N5O3/c22-12-15-9-14-10-18-19(29-13-28-18)11-17(14)26-20(15)23-7-4-8-24-21(27)25-16-5-2-1-3-6-16/h1-3,5-6,9-11H,4,7-8,13H2,(H,23,26)(H2,24,25,27). The Hall–Kier alpha value is -3.99. The van der Waals surface area contributed by atoms with E-state index in [1.54, 1.807) is 12.1 Å². The number of nitrogens with zero attached hydrogens (tertiary/aromatic N) is 2. The van der Waals surface area contributed by atoms with E-state index in [0.29, 0.717) is 42.4 Å². The number of amides is 2. The summed E-state index contributed by atoms with van der Waals surface area (Å²) in [5.74, 6) is 1.81. The van der Waals surface area contributed by atoms with Crippen molar-refractivity contribution in [3.8, 4) is 17.6 Å². The van der Waals surface area contributed by atoms with Crippen molar-refractivity contribution in [1.29, 1.82) is 5.26 Å². The summed E-state index contributed by atoms with van der Waals surface area (Å²) in [5, 5.41) is 19.0. The van der Waals surface area contributed by atoms with Gasteiger partial charge in [-0.05, 0) is 30.7 Å². The molecule has 4 rings (SSSR count). The Morgan fingerprint density at radius 2 is 1.90 bits per heavy atom. The number of rotatable bonds is 6. The molecule has 1 aromatic heterocycles. The molecule has 2 aromatic carbocycles. The van der Waals surface area contributed by atoms with E-state index in [4.69, 9.17) is 9.47 Å². The first-order valence-corrected chi connectivity index (χ1v) is 9.21. The van der Waals surface area contributed by atoms with Crippen LogP contribution in [0.2, 0.25) is 0 Å². The highest BCUT2D eigenvalue weighted by molar-refractivity contribution is 5.89. The first-order valence-electron chi connectivity index (χ1n) is 9.21. The molecule has 8 heteroatoms. The van der Waals surface area contributed by atoms with Gasteiger partial charge in [0.1, 0.15) is 11.9 Å². The van der Waals surface area contributed by atoms with E-state index in [9.17, 15) is 10.1 Å². The molecule has 0 saturated heterocycles. The van der Waals surface area contributed by atoms with Gasteiger partial charge in [-0.25, -0.2) is 9.78 Å². The molecule has 0 bridgehead atoms. The van der Waals surface area contributed by atoms with E-state index in [1.807, 2.05) is 36.4 Å². The van der Waals surface area contributed by atoms with Crippen LogP contribution in [0.15, 0.2) is 48.5 Å². The van der Waals surface area contributed by atoms with Crippen LogP contribution >= 0.6 is 0 Å². The first-order chi connectivity index (χ1) is 14.2. The zero-order valence-corrected chi connectivity index (χ0v) is 15.6. The zero-order valence-electron chi connectivity index (χ0n) is 15.6. The highest BCUT2D eigenvalue weighted by atomic mass is 16.7. The second kappa shape index (κ2) is 8.35. The average molecular weight is 389 g/mol. The van der Waals surface area contributed by atoms with Gasteiger partial charge in [0.2, 0.25) is 6.79 Å². The third-order valence-electron chi connectivity index (χ3n) is 4.39. The van der Waals surface area contributed by atoms with Crippen LogP contribution in [0.3, 0.4) is 0 Å². The van der Waals surface area contributed by atoms with Crippen LogP contribution in [0.1, 0.15) is 12.0 Å². The number of aromatic nitrogens is 1. The molecule has 29 heavy (non-hydrogen) atoms. The number of ether oxygens (including phenoxy) is 2. The maximum absolute atomic E-state index is 11.9. The van der Waals surface area contributed by atoms with E-state index >= 15 is 0 Å². The fourth-order valence-corrected chi connectivity index (χ4v) is 2.98. The lowest BCUT2D eigenvalue weighted by atomic mass is 10.1. The Morgan fingerprint density at radius 1 is 1.10 bits per heavy atom. The number of nitriles is 1. The maximum Gasteiger partial charge on any atom is 0.319 e. The second-order valence-electron chi connectivity index (χ2n) is 6.42. The van der Waals surface area contributed by atoms with E-state index in [-0.39, 0.29) is 12.8 Å². The summed E-state index contributed by atoms with van der Waals surface area (Å²) >= 11 is 0. The van der Waals surface area contributed by atoms with Crippen molar-refractivity contribution in [3.63, 3.8) is 0 Å². The largest absolute Gasteiger partial charge is 0.454 e. The molecule has 3 aromatic rings. The minimum Gasteiger partial charge on any atom is -0.454 e. The van der Waals surface area contributed by atoms with Crippen molar-refractivity contribution in [2.75, 3.05) is 30.5 Å². The van der Waals surface area contributed by atoms with Gasteiger partial charge < -0.3 is 25.4 Å². The number of anilines is 2. The molecule has 0 radical (unpaired) electrons. The Kier molecular flexibility index (Phi) is 5.29. The highest BCUT2D eigenvalue weighted by Crippen LogP contribution is 2.36.